The molecule has 1 atom stereocenters. The molecule has 0 aliphatic heterocycles. The van der Waals surface area contributed by atoms with Gasteiger partial charge in [-0.25, -0.2) is 4.79 Å². The highest BCUT2D eigenvalue weighted by atomic mass is 16.4. The number of urea groups is 1. The molecule has 0 fully saturated rings. The van der Waals surface area contributed by atoms with Gasteiger partial charge in [-0.1, -0.05) is 13.3 Å². The van der Waals surface area contributed by atoms with E-state index in [2.05, 4.69) is 10.6 Å². The lowest BCUT2D eigenvalue weighted by Gasteiger charge is -2.13. The van der Waals surface area contributed by atoms with E-state index in [9.17, 15) is 14.4 Å². The second-order valence-corrected chi connectivity index (χ2v) is 4.79. The molecule has 0 saturated heterocycles. The van der Waals surface area contributed by atoms with E-state index in [0.717, 1.165) is 6.42 Å². The molecule has 0 aliphatic carbocycles. The summed E-state index contributed by atoms with van der Waals surface area (Å²) in [5.41, 5.74) is 1.11. The van der Waals surface area contributed by atoms with Crippen molar-refractivity contribution in [3.63, 3.8) is 0 Å². The highest BCUT2D eigenvalue weighted by molar-refractivity contribution is 5.95. The monoisotopic (exact) mass is 292 g/mol. The minimum atomic E-state index is -0.914. The predicted molar refractivity (Wildman–Crippen MR) is 79.5 cm³/mol. The zero-order valence-corrected chi connectivity index (χ0v) is 12.2. The van der Waals surface area contributed by atoms with Crippen LogP contribution < -0.4 is 10.6 Å². The van der Waals surface area contributed by atoms with Crippen LogP contribution in [0.25, 0.3) is 0 Å². The van der Waals surface area contributed by atoms with Gasteiger partial charge in [0, 0.05) is 17.8 Å². The molecule has 0 spiro atoms. The van der Waals surface area contributed by atoms with Gasteiger partial charge in [0.05, 0.1) is 5.92 Å². The molecule has 1 unspecified atom stereocenters. The lowest BCUT2D eigenvalue weighted by molar-refractivity contribution is -0.141. The van der Waals surface area contributed by atoms with Crippen molar-refractivity contribution in [3.8, 4) is 0 Å². The van der Waals surface area contributed by atoms with Gasteiger partial charge in [-0.2, -0.15) is 0 Å². The number of ketones is 1. The standard InChI is InChI=1S/C15H20N2O4/c1-3-4-12(14(19)20)9-16-15(21)17-13-7-5-11(6-8-13)10(2)18/h5-8,12H,3-4,9H2,1-2H3,(H,19,20)(H2,16,17,21). The molecule has 0 aromatic heterocycles. The summed E-state index contributed by atoms with van der Waals surface area (Å²) in [6.07, 6.45) is 1.26. The number of amides is 2. The Kier molecular flexibility index (Phi) is 6.39. The second-order valence-electron chi connectivity index (χ2n) is 4.79. The van der Waals surface area contributed by atoms with E-state index >= 15 is 0 Å². The zero-order chi connectivity index (χ0) is 15.8. The highest BCUT2D eigenvalue weighted by Crippen LogP contribution is 2.10. The summed E-state index contributed by atoms with van der Waals surface area (Å²) in [7, 11) is 0. The van der Waals surface area contributed by atoms with Crippen molar-refractivity contribution in [1.29, 1.82) is 0 Å². The average Bonchev–Trinajstić information content (AvgIpc) is 2.43. The van der Waals surface area contributed by atoms with Gasteiger partial charge in [0.1, 0.15) is 0 Å². The second kappa shape index (κ2) is 8.04. The number of carbonyl (C=O) groups is 3. The third-order valence-electron chi connectivity index (χ3n) is 3.04. The molecule has 0 heterocycles. The summed E-state index contributed by atoms with van der Waals surface area (Å²) in [4.78, 5) is 33.8. The van der Waals surface area contributed by atoms with Gasteiger partial charge in [0.2, 0.25) is 0 Å². The third-order valence-corrected chi connectivity index (χ3v) is 3.04. The minimum Gasteiger partial charge on any atom is -0.481 e. The molecule has 114 valence electrons. The van der Waals surface area contributed by atoms with Gasteiger partial charge >= 0.3 is 12.0 Å². The Morgan fingerprint density at radius 1 is 1.19 bits per heavy atom. The molecule has 0 aliphatic rings. The largest absolute Gasteiger partial charge is 0.481 e. The number of benzene rings is 1. The molecule has 3 N–H and O–H groups in total. The predicted octanol–water partition coefficient (Wildman–Crippen LogP) is 2.51. The van der Waals surface area contributed by atoms with E-state index in [0.29, 0.717) is 17.7 Å². The molecule has 0 radical (unpaired) electrons. The van der Waals surface area contributed by atoms with E-state index < -0.39 is 17.9 Å². The molecule has 21 heavy (non-hydrogen) atoms. The van der Waals surface area contributed by atoms with Crippen LogP contribution in [0.1, 0.15) is 37.0 Å². The summed E-state index contributed by atoms with van der Waals surface area (Å²) in [6.45, 7) is 3.45. The Morgan fingerprint density at radius 2 is 1.81 bits per heavy atom. The number of carbonyl (C=O) groups excluding carboxylic acids is 2. The van der Waals surface area contributed by atoms with E-state index in [1.54, 1.807) is 24.3 Å². The Labute approximate surface area is 123 Å². The number of hydrogen-bond acceptors (Lipinski definition) is 3. The number of carboxylic acid groups (broad SMARTS) is 1. The fourth-order valence-corrected chi connectivity index (χ4v) is 1.84. The van der Waals surface area contributed by atoms with Crippen molar-refractivity contribution in [2.45, 2.75) is 26.7 Å². The Hall–Kier alpha value is -2.37. The van der Waals surface area contributed by atoms with Crippen molar-refractivity contribution in [3.05, 3.63) is 29.8 Å². The van der Waals surface area contributed by atoms with Gasteiger partial charge < -0.3 is 15.7 Å². The highest BCUT2D eigenvalue weighted by Gasteiger charge is 2.17. The molecule has 1 rings (SSSR count). The van der Waals surface area contributed by atoms with E-state index in [4.69, 9.17) is 5.11 Å². The Morgan fingerprint density at radius 3 is 2.29 bits per heavy atom. The summed E-state index contributed by atoms with van der Waals surface area (Å²) >= 11 is 0. The quantitative estimate of drug-likeness (QED) is 0.673. The van der Waals surface area contributed by atoms with Crippen LogP contribution in [0.5, 0.6) is 0 Å². The first-order valence-corrected chi connectivity index (χ1v) is 6.82. The number of hydrogen-bond donors (Lipinski definition) is 3. The number of anilines is 1. The third kappa shape index (κ3) is 5.64. The number of rotatable bonds is 7. The Balaban J connectivity index is 2.49. The average molecular weight is 292 g/mol. The van der Waals surface area contributed by atoms with Crippen molar-refractivity contribution < 1.29 is 19.5 Å². The van der Waals surface area contributed by atoms with Gasteiger partial charge in [-0.15, -0.1) is 0 Å². The number of aliphatic carboxylic acids is 1. The van der Waals surface area contributed by atoms with Crippen LogP contribution in [0, 0.1) is 5.92 Å². The normalized spacial score (nSPS) is 11.5. The lowest BCUT2D eigenvalue weighted by atomic mass is 10.0. The van der Waals surface area contributed by atoms with Crippen LogP contribution >= 0.6 is 0 Å². The number of nitrogens with one attached hydrogen (secondary N) is 2. The Bertz CT molecular complexity index is 511. The fraction of sp³-hybridized carbons (Fsp3) is 0.400. The van der Waals surface area contributed by atoms with E-state index in [1.165, 1.54) is 6.92 Å². The molecular formula is C15H20N2O4. The number of Topliss-reactive ketones (excluding diaryl/α,β-unsaturated/α-hetero) is 1. The molecule has 2 amide bonds. The molecule has 1 aromatic rings. The van der Waals surface area contributed by atoms with E-state index in [-0.39, 0.29) is 12.3 Å². The van der Waals surface area contributed by atoms with Crippen LogP contribution in [0.15, 0.2) is 24.3 Å². The molecular weight excluding hydrogens is 272 g/mol. The molecule has 1 aromatic carbocycles. The summed E-state index contributed by atoms with van der Waals surface area (Å²) < 4.78 is 0. The maximum Gasteiger partial charge on any atom is 0.319 e. The summed E-state index contributed by atoms with van der Waals surface area (Å²) in [6, 6.07) is 6.02. The minimum absolute atomic E-state index is 0.0464. The lowest BCUT2D eigenvalue weighted by Crippen LogP contribution is -2.35. The maximum absolute atomic E-state index is 11.7. The molecule has 0 bridgehead atoms. The molecule has 0 saturated carbocycles. The van der Waals surface area contributed by atoms with Crippen LogP contribution in [0.4, 0.5) is 10.5 Å². The fourth-order valence-electron chi connectivity index (χ4n) is 1.84. The molecule has 6 nitrogen and oxygen atoms in total. The van der Waals surface area contributed by atoms with Gasteiger partial charge in [-0.3, -0.25) is 9.59 Å². The van der Waals surface area contributed by atoms with Crippen LogP contribution in [-0.2, 0) is 4.79 Å². The van der Waals surface area contributed by atoms with Crippen molar-refractivity contribution >= 4 is 23.5 Å². The van der Waals surface area contributed by atoms with Crippen molar-refractivity contribution in [2.75, 3.05) is 11.9 Å². The first-order chi connectivity index (χ1) is 9.93. The van der Waals surface area contributed by atoms with Crippen LogP contribution in [0.2, 0.25) is 0 Å². The summed E-state index contributed by atoms with van der Waals surface area (Å²) in [5.74, 6) is -1.54. The van der Waals surface area contributed by atoms with Gasteiger partial charge in [-0.05, 0) is 37.6 Å². The van der Waals surface area contributed by atoms with Crippen molar-refractivity contribution in [2.24, 2.45) is 5.92 Å². The SMILES string of the molecule is CCCC(CNC(=O)Nc1ccc(C(C)=O)cc1)C(=O)O. The topological polar surface area (TPSA) is 95.5 Å². The summed E-state index contributed by atoms with van der Waals surface area (Å²) in [5, 5.41) is 14.1. The number of carboxylic acids is 1. The van der Waals surface area contributed by atoms with Crippen LogP contribution in [0.3, 0.4) is 0 Å². The van der Waals surface area contributed by atoms with Gasteiger partial charge in [0.25, 0.3) is 0 Å². The maximum atomic E-state index is 11.7. The zero-order valence-electron chi connectivity index (χ0n) is 12.2. The van der Waals surface area contributed by atoms with Crippen molar-refractivity contribution in [1.82, 2.24) is 5.32 Å². The molecule has 6 heteroatoms. The van der Waals surface area contributed by atoms with E-state index in [1.807, 2.05) is 6.92 Å². The van der Waals surface area contributed by atoms with Crippen LogP contribution in [-0.4, -0.2) is 29.4 Å². The first-order valence-electron chi connectivity index (χ1n) is 6.82. The van der Waals surface area contributed by atoms with Gasteiger partial charge in [0.15, 0.2) is 5.78 Å². The first kappa shape index (κ1) is 16.7. The smallest absolute Gasteiger partial charge is 0.319 e.